The second kappa shape index (κ2) is 7.00. The molecule has 0 bridgehead atoms. The van der Waals surface area contributed by atoms with Crippen LogP contribution in [0.1, 0.15) is 13.8 Å². The highest BCUT2D eigenvalue weighted by Gasteiger charge is 2.19. The molecule has 0 aromatic rings. The highest BCUT2D eigenvalue weighted by atomic mass is 16.6. The van der Waals surface area contributed by atoms with Crippen LogP contribution in [0.2, 0.25) is 0 Å². The maximum absolute atomic E-state index is 11.6. The Kier molecular flexibility index (Phi) is 5.64. The first-order valence-corrected chi connectivity index (χ1v) is 5.86. The van der Waals surface area contributed by atoms with Crippen molar-refractivity contribution in [1.82, 2.24) is 4.90 Å². The number of rotatable bonds is 4. The molecule has 0 aromatic heterocycles. The molecule has 0 aliphatic carbocycles. The van der Waals surface area contributed by atoms with Crippen molar-refractivity contribution in [2.45, 2.75) is 20.0 Å². The number of hydrogen-bond donors (Lipinski definition) is 0. The first-order chi connectivity index (χ1) is 8.50. The van der Waals surface area contributed by atoms with Crippen molar-refractivity contribution in [3.63, 3.8) is 0 Å². The summed E-state index contributed by atoms with van der Waals surface area (Å²) in [5, 5.41) is 0. The minimum atomic E-state index is -0.487. The van der Waals surface area contributed by atoms with Gasteiger partial charge >= 0.3 is 12.1 Å². The number of ether oxygens (including phenoxy) is 3. The largest absolute Gasteiger partial charge is 0.456 e. The summed E-state index contributed by atoms with van der Waals surface area (Å²) in [6, 6.07) is 0. The smallest absolute Gasteiger partial charge is 0.410 e. The molecule has 102 valence electrons. The Hall–Kier alpha value is -1.56. The van der Waals surface area contributed by atoms with Gasteiger partial charge in [0.05, 0.1) is 13.2 Å². The van der Waals surface area contributed by atoms with Gasteiger partial charge in [0.25, 0.3) is 0 Å². The minimum absolute atomic E-state index is 0.0369. The van der Waals surface area contributed by atoms with Crippen LogP contribution >= 0.6 is 0 Å². The average molecular weight is 257 g/mol. The molecule has 0 aromatic carbocycles. The van der Waals surface area contributed by atoms with Crippen molar-refractivity contribution in [3.8, 4) is 0 Å². The van der Waals surface area contributed by atoms with E-state index >= 15 is 0 Å². The number of carbonyl (C=O) groups excluding carboxylic acids is 2. The Morgan fingerprint density at radius 2 is 2.00 bits per heavy atom. The highest BCUT2D eigenvalue weighted by molar-refractivity contribution is 5.87. The van der Waals surface area contributed by atoms with E-state index in [9.17, 15) is 9.59 Å². The fraction of sp³-hybridized carbons (Fsp3) is 0.667. The Morgan fingerprint density at radius 3 is 2.56 bits per heavy atom. The number of amides is 1. The number of nitrogens with zero attached hydrogens (tertiary/aromatic N) is 1. The van der Waals surface area contributed by atoms with Crippen molar-refractivity contribution in [2.24, 2.45) is 0 Å². The van der Waals surface area contributed by atoms with Gasteiger partial charge in [0, 0.05) is 18.7 Å². The zero-order valence-electron chi connectivity index (χ0n) is 10.8. The molecule has 6 heteroatoms. The third-order valence-corrected chi connectivity index (χ3v) is 2.37. The monoisotopic (exact) mass is 257 g/mol. The number of morpholine rings is 1. The minimum Gasteiger partial charge on any atom is -0.456 e. The Morgan fingerprint density at radius 1 is 1.39 bits per heavy atom. The fourth-order valence-corrected chi connectivity index (χ4v) is 1.34. The van der Waals surface area contributed by atoms with E-state index in [1.54, 1.807) is 18.7 Å². The van der Waals surface area contributed by atoms with Gasteiger partial charge in [0.15, 0.2) is 0 Å². The van der Waals surface area contributed by atoms with E-state index in [0.29, 0.717) is 31.9 Å². The van der Waals surface area contributed by atoms with Gasteiger partial charge in [0.2, 0.25) is 0 Å². The van der Waals surface area contributed by atoms with E-state index in [0.717, 1.165) is 0 Å². The van der Waals surface area contributed by atoms with Crippen LogP contribution in [0.15, 0.2) is 12.2 Å². The lowest BCUT2D eigenvalue weighted by Gasteiger charge is -2.26. The van der Waals surface area contributed by atoms with E-state index in [4.69, 9.17) is 14.2 Å². The van der Waals surface area contributed by atoms with E-state index in [1.165, 1.54) is 0 Å². The molecule has 1 unspecified atom stereocenters. The standard InChI is InChI=1S/C12H19NO5/c1-9(2)11(14)18-10(3)8-17-12(15)13-4-6-16-7-5-13/h10H,1,4-8H2,2-3H3. The fourth-order valence-electron chi connectivity index (χ4n) is 1.34. The van der Waals surface area contributed by atoms with Crippen LogP contribution in [0, 0.1) is 0 Å². The Balaban J connectivity index is 2.24. The van der Waals surface area contributed by atoms with Crippen LogP contribution in [0.4, 0.5) is 4.79 Å². The van der Waals surface area contributed by atoms with Gasteiger partial charge in [-0.2, -0.15) is 0 Å². The van der Waals surface area contributed by atoms with Crippen LogP contribution in [-0.2, 0) is 19.0 Å². The van der Waals surface area contributed by atoms with Gasteiger partial charge in [-0.05, 0) is 13.8 Å². The first-order valence-electron chi connectivity index (χ1n) is 5.86. The predicted molar refractivity (Wildman–Crippen MR) is 64.1 cm³/mol. The summed E-state index contributed by atoms with van der Waals surface area (Å²) in [6.07, 6.45) is -0.893. The summed E-state index contributed by atoms with van der Waals surface area (Å²) in [6.45, 7) is 8.83. The van der Waals surface area contributed by atoms with Gasteiger partial charge in [-0.3, -0.25) is 0 Å². The zero-order valence-corrected chi connectivity index (χ0v) is 10.8. The van der Waals surface area contributed by atoms with Crippen LogP contribution < -0.4 is 0 Å². The summed E-state index contributed by atoms with van der Waals surface area (Å²) in [4.78, 5) is 24.4. The molecule has 1 saturated heterocycles. The zero-order chi connectivity index (χ0) is 13.5. The normalized spacial score (nSPS) is 16.9. The molecule has 0 saturated carbocycles. The van der Waals surface area contributed by atoms with Crippen LogP contribution in [-0.4, -0.2) is 56.0 Å². The van der Waals surface area contributed by atoms with Gasteiger partial charge in [-0.25, -0.2) is 9.59 Å². The lowest BCUT2D eigenvalue weighted by Crippen LogP contribution is -2.41. The van der Waals surface area contributed by atoms with Crippen LogP contribution in [0.3, 0.4) is 0 Å². The molecule has 1 fully saturated rings. The molecule has 1 aliphatic rings. The van der Waals surface area contributed by atoms with Crippen molar-refractivity contribution in [1.29, 1.82) is 0 Å². The third-order valence-electron chi connectivity index (χ3n) is 2.37. The average Bonchev–Trinajstić information content (AvgIpc) is 2.36. The second-order valence-electron chi connectivity index (χ2n) is 4.17. The molecule has 6 nitrogen and oxygen atoms in total. The van der Waals surface area contributed by atoms with Gasteiger partial charge in [0.1, 0.15) is 12.7 Å². The Labute approximate surface area is 106 Å². The molecular weight excluding hydrogens is 238 g/mol. The topological polar surface area (TPSA) is 65.1 Å². The summed E-state index contributed by atoms with van der Waals surface area (Å²) < 4.78 is 15.2. The van der Waals surface area contributed by atoms with Crippen LogP contribution in [0.25, 0.3) is 0 Å². The van der Waals surface area contributed by atoms with Crippen molar-refractivity contribution < 1.29 is 23.8 Å². The predicted octanol–water partition coefficient (Wildman–Crippen LogP) is 0.963. The van der Waals surface area contributed by atoms with E-state index < -0.39 is 18.2 Å². The first kappa shape index (κ1) is 14.5. The maximum atomic E-state index is 11.6. The molecular formula is C12H19NO5. The van der Waals surface area contributed by atoms with Crippen molar-refractivity contribution in [3.05, 3.63) is 12.2 Å². The molecule has 1 aliphatic heterocycles. The molecule has 1 rings (SSSR count). The van der Waals surface area contributed by atoms with Gasteiger partial charge in [-0.15, -0.1) is 0 Å². The van der Waals surface area contributed by atoms with E-state index in [-0.39, 0.29) is 6.61 Å². The van der Waals surface area contributed by atoms with E-state index in [2.05, 4.69) is 6.58 Å². The number of esters is 1. The molecule has 18 heavy (non-hydrogen) atoms. The lowest BCUT2D eigenvalue weighted by atomic mass is 10.3. The van der Waals surface area contributed by atoms with Gasteiger partial charge < -0.3 is 19.1 Å². The molecule has 1 amide bonds. The van der Waals surface area contributed by atoms with Crippen molar-refractivity contribution >= 4 is 12.1 Å². The van der Waals surface area contributed by atoms with Crippen molar-refractivity contribution in [2.75, 3.05) is 32.9 Å². The summed E-state index contributed by atoms with van der Waals surface area (Å²) >= 11 is 0. The summed E-state index contributed by atoms with van der Waals surface area (Å²) in [5.41, 5.74) is 0.321. The van der Waals surface area contributed by atoms with Gasteiger partial charge in [-0.1, -0.05) is 6.58 Å². The summed E-state index contributed by atoms with van der Waals surface area (Å²) in [7, 11) is 0. The molecule has 0 spiro atoms. The number of hydrogen-bond acceptors (Lipinski definition) is 5. The SMILES string of the molecule is C=C(C)C(=O)OC(C)COC(=O)N1CCOCC1. The second-order valence-corrected chi connectivity index (χ2v) is 4.17. The molecule has 0 radical (unpaired) electrons. The Bertz CT molecular complexity index is 322. The quantitative estimate of drug-likeness (QED) is 0.554. The lowest BCUT2D eigenvalue weighted by molar-refractivity contribution is -0.145. The third kappa shape index (κ3) is 4.75. The molecule has 1 atom stereocenters. The van der Waals surface area contributed by atoms with Crippen LogP contribution in [0.5, 0.6) is 0 Å². The molecule has 1 heterocycles. The maximum Gasteiger partial charge on any atom is 0.410 e. The molecule has 0 N–H and O–H groups in total. The van der Waals surface area contributed by atoms with E-state index in [1.807, 2.05) is 0 Å². The number of carbonyl (C=O) groups is 2. The summed E-state index contributed by atoms with van der Waals surface area (Å²) in [5.74, 6) is -0.482. The highest BCUT2D eigenvalue weighted by Crippen LogP contribution is 2.03.